The van der Waals surface area contributed by atoms with Gasteiger partial charge in [-0.05, 0) is 48.9 Å². The van der Waals surface area contributed by atoms with Crippen LogP contribution in [0.4, 0.5) is 5.69 Å². The maximum Gasteiger partial charge on any atom is 0.118 e. The van der Waals surface area contributed by atoms with Crippen molar-refractivity contribution in [1.29, 1.82) is 0 Å². The van der Waals surface area contributed by atoms with E-state index < -0.39 is 0 Å². The number of aliphatic imine (C=N–C) groups is 1. The van der Waals surface area contributed by atoms with Gasteiger partial charge in [0.15, 0.2) is 0 Å². The summed E-state index contributed by atoms with van der Waals surface area (Å²) in [4.78, 5) is 4.56. The van der Waals surface area contributed by atoms with Gasteiger partial charge >= 0.3 is 0 Å². The largest absolute Gasteiger partial charge is 0.497 e. The van der Waals surface area contributed by atoms with Crippen molar-refractivity contribution in [2.75, 3.05) is 7.11 Å². The Morgan fingerprint density at radius 2 is 1.59 bits per heavy atom. The molecule has 2 heteroatoms. The molecule has 0 saturated carbocycles. The number of para-hydroxylation sites is 1. The smallest absolute Gasteiger partial charge is 0.118 e. The van der Waals surface area contributed by atoms with E-state index in [1.807, 2.05) is 61.5 Å². The van der Waals surface area contributed by atoms with Gasteiger partial charge in [0.2, 0.25) is 0 Å². The molecule has 0 aliphatic rings. The van der Waals surface area contributed by atoms with Gasteiger partial charge in [-0.2, -0.15) is 0 Å². The summed E-state index contributed by atoms with van der Waals surface area (Å²) in [5, 5.41) is 0. The van der Waals surface area contributed by atoms with E-state index in [1.165, 1.54) is 0 Å². The lowest BCUT2D eigenvalue weighted by atomic mass is 10.1. The number of hydrogen-bond donors (Lipinski definition) is 0. The lowest BCUT2D eigenvalue weighted by Gasteiger charge is -2.03. The zero-order valence-corrected chi connectivity index (χ0v) is 10.1. The van der Waals surface area contributed by atoms with E-state index in [-0.39, 0.29) is 0 Å². The lowest BCUT2D eigenvalue weighted by molar-refractivity contribution is 0.415. The van der Waals surface area contributed by atoms with Gasteiger partial charge in [-0.15, -0.1) is 0 Å². The maximum atomic E-state index is 5.13. The third-order valence-corrected chi connectivity index (χ3v) is 2.56. The fourth-order valence-corrected chi connectivity index (χ4v) is 1.59. The van der Waals surface area contributed by atoms with Crippen molar-refractivity contribution in [2.24, 2.45) is 4.99 Å². The molecule has 0 atom stereocenters. The average Bonchev–Trinajstić information content (AvgIpc) is 2.40. The van der Waals surface area contributed by atoms with E-state index >= 15 is 0 Å². The molecule has 0 fully saturated rings. The molecule has 2 aromatic rings. The monoisotopic (exact) mass is 225 g/mol. The molecule has 2 nitrogen and oxygen atoms in total. The molecule has 0 saturated heterocycles. The predicted octanol–water partition coefficient (Wildman–Crippen LogP) is 3.84. The van der Waals surface area contributed by atoms with Crippen molar-refractivity contribution >= 4 is 11.4 Å². The molecule has 0 spiro atoms. The fraction of sp³-hybridized carbons (Fsp3) is 0.133. The molecule has 0 bridgehead atoms. The van der Waals surface area contributed by atoms with E-state index in [1.54, 1.807) is 7.11 Å². The zero-order chi connectivity index (χ0) is 12.1. The maximum absolute atomic E-state index is 5.13. The van der Waals surface area contributed by atoms with Crippen LogP contribution in [0.2, 0.25) is 0 Å². The second-order valence-corrected chi connectivity index (χ2v) is 3.76. The third kappa shape index (κ3) is 2.94. The van der Waals surface area contributed by atoms with Crippen LogP contribution >= 0.6 is 0 Å². The highest BCUT2D eigenvalue weighted by atomic mass is 16.5. The van der Waals surface area contributed by atoms with Crippen molar-refractivity contribution in [3.8, 4) is 5.75 Å². The minimum absolute atomic E-state index is 0.862. The van der Waals surface area contributed by atoms with Crippen molar-refractivity contribution in [3.63, 3.8) is 0 Å². The van der Waals surface area contributed by atoms with Gasteiger partial charge in [0.1, 0.15) is 5.75 Å². The van der Waals surface area contributed by atoms with Crippen LogP contribution in [0.15, 0.2) is 59.6 Å². The summed E-state index contributed by atoms with van der Waals surface area (Å²) in [5.74, 6) is 0.862. The SMILES string of the molecule is COc1ccc(/C(C)=N/c2ccccc2)cc1. The van der Waals surface area contributed by atoms with Crippen LogP contribution in [0.25, 0.3) is 0 Å². The molecule has 0 heterocycles. The molecular weight excluding hydrogens is 210 g/mol. The number of nitrogens with zero attached hydrogens (tertiary/aromatic N) is 1. The summed E-state index contributed by atoms with van der Waals surface area (Å²) >= 11 is 0. The summed E-state index contributed by atoms with van der Waals surface area (Å²) in [6, 6.07) is 17.9. The Kier molecular flexibility index (Phi) is 3.55. The topological polar surface area (TPSA) is 21.6 Å². The molecule has 0 unspecified atom stereocenters. The predicted molar refractivity (Wildman–Crippen MR) is 71.3 cm³/mol. The highest BCUT2D eigenvalue weighted by molar-refractivity contribution is 6.00. The van der Waals surface area contributed by atoms with Crippen molar-refractivity contribution in [3.05, 3.63) is 60.2 Å². The van der Waals surface area contributed by atoms with Crippen LogP contribution in [-0.2, 0) is 0 Å². The van der Waals surface area contributed by atoms with Crippen molar-refractivity contribution < 1.29 is 4.74 Å². The Hall–Kier alpha value is -2.09. The molecule has 0 aromatic heterocycles. The van der Waals surface area contributed by atoms with Gasteiger partial charge in [-0.25, -0.2) is 0 Å². The third-order valence-electron chi connectivity index (χ3n) is 2.56. The van der Waals surface area contributed by atoms with E-state index in [4.69, 9.17) is 4.74 Å². The molecule has 0 aliphatic carbocycles. The Balaban J connectivity index is 2.24. The van der Waals surface area contributed by atoms with Crippen LogP contribution in [0, 0.1) is 0 Å². The molecule has 0 aliphatic heterocycles. The van der Waals surface area contributed by atoms with Crippen molar-refractivity contribution in [1.82, 2.24) is 0 Å². The molecular formula is C15H15NO. The van der Waals surface area contributed by atoms with Crippen LogP contribution in [0.1, 0.15) is 12.5 Å². The molecule has 17 heavy (non-hydrogen) atoms. The first kappa shape index (κ1) is 11.4. The Bertz CT molecular complexity index is 500. The van der Waals surface area contributed by atoms with E-state index in [0.717, 1.165) is 22.7 Å². The molecule has 0 radical (unpaired) electrons. The van der Waals surface area contributed by atoms with Crippen LogP contribution in [-0.4, -0.2) is 12.8 Å². The first-order chi connectivity index (χ1) is 8.29. The normalized spacial score (nSPS) is 11.3. The van der Waals surface area contributed by atoms with Gasteiger partial charge < -0.3 is 4.74 Å². The lowest BCUT2D eigenvalue weighted by Crippen LogP contribution is -1.93. The molecule has 0 amide bonds. The molecule has 0 N–H and O–H groups in total. The first-order valence-electron chi connectivity index (χ1n) is 5.54. The summed E-state index contributed by atoms with van der Waals surface area (Å²) in [7, 11) is 1.67. The Morgan fingerprint density at radius 3 is 2.18 bits per heavy atom. The minimum atomic E-state index is 0.862. The fourth-order valence-electron chi connectivity index (χ4n) is 1.59. The summed E-state index contributed by atoms with van der Waals surface area (Å²) in [5.41, 5.74) is 3.08. The standard InChI is InChI=1S/C15H15NO/c1-12(16-14-6-4-3-5-7-14)13-8-10-15(17-2)11-9-13/h3-11H,1-2H3/b16-12+. The summed E-state index contributed by atoms with van der Waals surface area (Å²) in [6.07, 6.45) is 0. The average molecular weight is 225 g/mol. The molecule has 2 aromatic carbocycles. The highest BCUT2D eigenvalue weighted by Gasteiger charge is 1.98. The van der Waals surface area contributed by atoms with E-state index in [2.05, 4.69) is 4.99 Å². The number of methoxy groups -OCH3 is 1. The molecule has 2 rings (SSSR count). The van der Waals surface area contributed by atoms with Crippen molar-refractivity contribution in [2.45, 2.75) is 6.92 Å². The van der Waals surface area contributed by atoms with Gasteiger partial charge in [0.25, 0.3) is 0 Å². The second-order valence-electron chi connectivity index (χ2n) is 3.76. The number of hydrogen-bond acceptors (Lipinski definition) is 2. The van der Waals surface area contributed by atoms with Crippen LogP contribution in [0.5, 0.6) is 5.75 Å². The Labute approximate surface area is 102 Å². The highest BCUT2D eigenvalue weighted by Crippen LogP contribution is 2.15. The van der Waals surface area contributed by atoms with E-state index in [0.29, 0.717) is 0 Å². The molecule has 86 valence electrons. The van der Waals surface area contributed by atoms with Gasteiger partial charge in [0, 0.05) is 5.71 Å². The van der Waals surface area contributed by atoms with Crippen LogP contribution < -0.4 is 4.74 Å². The minimum Gasteiger partial charge on any atom is -0.497 e. The first-order valence-corrected chi connectivity index (χ1v) is 5.54. The van der Waals surface area contributed by atoms with E-state index in [9.17, 15) is 0 Å². The zero-order valence-electron chi connectivity index (χ0n) is 10.1. The van der Waals surface area contributed by atoms with Gasteiger partial charge in [-0.1, -0.05) is 18.2 Å². The number of rotatable bonds is 3. The summed E-state index contributed by atoms with van der Waals surface area (Å²) in [6.45, 7) is 2.01. The summed E-state index contributed by atoms with van der Waals surface area (Å²) < 4.78 is 5.13. The number of benzene rings is 2. The quantitative estimate of drug-likeness (QED) is 0.727. The second kappa shape index (κ2) is 5.30. The van der Waals surface area contributed by atoms with Crippen LogP contribution in [0.3, 0.4) is 0 Å². The van der Waals surface area contributed by atoms with Gasteiger partial charge in [-0.3, -0.25) is 4.99 Å². The van der Waals surface area contributed by atoms with Gasteiger partial charge in [0.05, 0.1) is 12.8 Å². The Morgan fingerprint density at radius 1 is 0.941 bits per heavy atom. The number of ether oxygens (including phenoxy) is 1.